The lowest BCUT2D eigenvalue weighted by molar-refractivity contribution is 0.237. The first-order valence-corrected chi connectivity index (χ1v) is 8.29. The van der Waals surface area contributed by atoms with Gasteiger partial charge in [0.15, 0.2) is 0 Å². The number of aromatic nitrogens is 1. The van der Waals surface area contributed by atoms with Gasteiger partial charge in [-0.2, -0.15) is 0 Å². The Hall–Kier alpha value is -2.44. The summed E-state index contributed by atoms with van der Waals surface area (Å²) in [5.41, 5.74) is 2.25. The van der Waals surface area contributed by atoms with Crippen LogP contribution in [0.4, 0.5) is 13.6 Å². The molecular weight excluding hydrogens is 328 g/mol. The summed E-state index contributed by atoms with van der Waals surface area (Å²) in [5, 5.41) is 9.60. The number of rotatable bonds is 5. The molecule has 0 spiro atoms. The minimum Gasteiger partial charge on any atom is -0.361 e. The lowest BCUT2D eigenvalue weighted by atomic mass is 10.1. The normalized spacial score (nSPS) is 20.2. The Morgan fingerprint density at radius 1 is 1.40 bits per heavy atom. The van der Waals surface area contributed by atoms with Gasteiger partial charge in [0.1, 0.15) is 17.4 Å². The number of halogens is 2. The number of nitrogens with one attached hydrogen (secondary N) is 2. The monoisotopic (exact) mass is 349 g/mol. The number of benzene rings is 1. The van der Waals surface area contributed by atoms with Crippen LogP contribution in [0.2, 0.25) is 0 Å². The highest BCUT2D eigenvalue weighted by atomic mass is 19.1. The second-order valence-electron chi connectivity index (χ2n) is 6.64. The minimum atomic E-state index is -0.600. The van der Waals surface area contributed by atoms with Gasteiger partial charge in [0.25, 0.3) is 0 Å². The van der Waals surface area contributed by atoms with Gasteiger partial charge >= 0.3 is 6.03 Å². The third-order valence-electron chi connectivity index (χ3n) is 4.54. The van der Waals surface area contributed by atoms with E-state index >= 15 is 0 Å². The van der Waals surface area contributed by atoms with E-state index in [0.29, 0.717) is 18.4 Å². The number of nitrogens with zero attached hydrogens (tertiary/aromatic N) is 1. The maximum absolute atomic E-state index is 13.8. The lowest BCUT2D eigenvalue weighted by Crippen LogP contribution is -2.43. The molecule has 2 amide bonds. The highest BCUT2D eigenvalue weighted by Crippen LogP contribution is 2.41. The molecule has 0 bridgehead atoms. The van der Waals surface area contributed by atoms with Crippen LogP contribution < -0.4 is 10.6 Å². The summed E-state index contributed by atoms with van der Waals surface area (Å²) in [6.45, 7) is 5.61. The molecule has 2 aromatic rings. The van der Waals surface area contributed by atoms with E-state index in [1.54, 1.807) is 0 Å². The fourth-order valence-corrected chi connectivity index (χ4v) is 3.08. The van der Waals surface area contributed by atoms with E-state index in [9.17, 15) is 13.6 Å². The van der Waals surface area contributed by atoms with Gasteiger partial charge in [0.2, 0.25) is 0 Å². The second-order valence-corrected chi connectivity index (χ2v) is 6.64. The van der Waals surface area contributed by atoms with Gasteiger partial charge in [-0.25, -0.2) is 13.6 Å². The molecule has 3 rings (SSSR count). The predicted molar refractivity (Wildman–Crippen MR) is 88.3 cm³/mol. The van der Waals surface area contributed by atoms with Crippen molar-refractivity contribution in [2.24, 2.45) is 0 Å². The molecule has 1 aliphatic carbocycles. The molecule has 1 aromatic heterocycles. The quantitative estimate of drug-likeness (QED) is 0.870. The first-order chi connectivity index (χ1) is 11.8. The Morgan fingerprint density at radius 2 is 2.16 bits per heavy atom. The van der Waals surface area contributed by atoms with E-state index in [1.165, 1.54) is 12.1 Å². The summed E-state index contributed by atoms with van der Waals surface area (Å²) >= 11 is 0. The van der Waals surface area contributed by atoms with Gasteiger partial charge in [-0.1, -0.05) is 11.2 Å². The molecule has 0 saturated heterocycles. The van der Waals surface area contributed by atoms with E-state index in [1.807, 2.05) is 20.8 Å². The van der Waals surface area contributed by atoms with Crippen molar-refractivity contribution in [1.29, 1.82) is 0 Å². The number of hydrogen-bond donors (Lipinski definition) is 2. The third kappa shape index (κ3) is 3.97. The van der Waals surface area contributed by atoms with Crippen molar-refractivity contribution in [3.63, 3.8) is 0 Å². The molecule has 1 heterocycles. The number of urea groups is 1. The molecule has 1 saturated carbocycles. The summed E-state index contributed by atoms with van der Waals surface area (Å²) in [6, 6.07) is 3.02. The number of hydrogen-bond acceptors (Lipinski definition) is 3. The van der Waals surface area contributed by atoms with Gasteiger partial charge in [-0.15, -0.1) is 0 Å². The maximum Gasteiger partial charge on any atom is 0.315 e. The Balaban J connectivity index is 1.50. The fourth-order valence-electron chi connectivity index (χ4n) is 3.08. The Morgan fingerprint density at radius 3 is 2.80 bits per heavy atom. The zero-order valence-electron chi connectivity index (χ0n) is 14.4. The van der Waals surface area contributed by atoms with E-state index in [-0.39, 0.29) is 24.0 Å². The highest BCUT2D eigenvalue weighted by molar-refractivity contribution is 5.75. The van der Waals surface area contributed by atoms with Gasteiger partial charge in [-0.3, -0.25) is 0 Å². The largest absolute Gasteiger partial charge is 0.361 e. The molecule has 0 unspecified atom stereocenters. The van der Waals surface area contributed by atoms with E-state index < -0.39 is 11.6 Å². The number of carbonyl (C=O) groups is 1. The van der Waals surface area contributed by atoms with Gasteiger partial charge in [0, 0.05) is 29.6 Å². The lowest BCUT2D eigenvalue weighted by Gasteiger charge is -2.14. The number of amides is 2. The van der Waals surface area contributed by atoms with Gasteiger partial charge in [0.05, 0.1) is 5.69 Å². The standard InChI is InChI=1S/C18H21F2N3O2/c1-9(6-14-10(2)23-25-11(14)3)21-18(24)22-17-8-15(17)13-5-4-12(19)7-16(13)20/h4-5,7,9,15,17H,6,8H2,1-3H3,(H2,21,22,24)/t9-,15-,17+/m0/s1. The maximum atomic E-state index is 13.8. The van der Waals surface area contributed by atoms with Gasteiger partial charge < -0.3 is 15.2 Å². The molecule has 2 N–H and O–H groups in total. The average molecular weight is 349 g/mol. The number of carbonyl (C=O) groups excluding carboxylic acids is 1. The van der Waals surface area contributed by atoms with Crippen molar-refractivity contribution in [3.8, 4) is 0 Å². The van der Waals surface area contributed by atoms with Crippen molar-refractivity contribution in [2.45, 2.75) is 51.6 Å². The smallest absolute Gasteiger partial charge is 0.315 e. The third-order valence-corrected chi connectivity index (χ3v) is 4.54. The van der Waals surface area contributed by atoms with E-state index in [2.05, 4.69) is 15.8 Å². The SMILES string of the molecule is Cc1noc(C)c1C[C@H](C)NC(=O)N[C@@H]1C[C@H]1c1ccc(F)cc1F. The van der Waals surface area contributed by atoms with E-state index in [4.69, 9.17) is 4.52 Å². The predicted octanol–water partition coefficient (Wildman–Crippen LogP) is 3.36. The average Bonchev–Trinajstić information content (AvgIpc) is 3.20. The fraction of sp³-hybridized carbons (Fsp3) is 0.444. The van der Waals surface area contributed by atoms with Crippen LogP contribution in [0.15, 0.2) is 22.7 Å². The molecule has 1 aromatic carbocycles. The molecule has 5 nitrogen and oxygen atoms in total. The van der Waals surface area contributed by atoms with Crippen LogP contribution in [0.3, 0.4) is 0 Å². The van der Waals surface area contributed by atoms with Crippen LogP contribution in [-0.2, 0) is 6.42 Å². The Bertz CT molecular complexity index is 771. The molecule has 1 aliphatic rings. The summed E-state index contributed by atoms with van der Waals surface area (Å²) < 4.78 is 31.8. The first-order valence-electron chi connectivity index (χ1n) is 8.29. The van der Waals surface area contributed by atoms with Crippen molar-refractivity contribution in [1.82, 2.24) is 15.8 Å². The van der Waals surface area contributed by atoms with Crippen LogP contribution in [0.5, 0.6) is 0 Å². The first kappa shape index (κ1) is 17.4. The van der Waals surface area contributed by atoms with Crippen LogP contribution in [0, 0.1) is 25.5 Å². The van der Waals surface area contributed by atoms with Crippen LogP contribution >= 0.6 is 0 Å². The molecular formula is C18H21F2N3O2. The molecule has 0 aliphatic heterocycles. The van der Waals surface area contributed by atoms with Crippen LogP contribution in [0.25, 0.3) is 0 Å². The van der Waals surface area contributed by atoms with Crippen molar-refractivity contribution >= 4 is 6.03 Å². The topological polar surface area (TPSA) is 67.2 Å². The number of aryl methyl sites for hydroxylation is 2. The molecule has 7 heteroatoms. The van der Waals surface area contributed by atoms with Crippen molar-refractivity contribution in [3.05, 3.63) is 52.4 Å². The Kier molecular flexibility index (Phi) is 4.74. The molecule has 3 atom stereocenters. The summed E-state index contributed by atoms with van der Waals surface area (Å²) in [5.74, 6) is -0.524. The van der Waals surface area contributed by atoms with E-state index in [0.717, 1.165) is 23.1 Å². The van der Waals surface area contributed by atoms with Crippen molar-refractivity contribution in [2.75, 3.05) is 0 Å². The molecule has 1 fully saturated rings. The highest BCUT2D eigenvalue weighted by Gasteiger charge is 2.41. The molecule has 134 valence electrons. The second kappa shape index (κ2) is 6.82. The molecule has 0 radical (unpaired) electrons. The van der Waals surface area contributed by atoms with Crippen LogP contribution in [0.1, 0.15) is 41.8 Å². The molecule has 25 heavy (non-hydrogen) atoms. The zero-order valence-corrected chi connectivity index (χ0v) is 14.4. The summed E-state index contributed by atoms with van der Waals surface area (Å²) in [4.78, 5) is 12.1. The Labute approximate surface area is 144 Å². The van der Waals surface area contributed by atoms with Gasteiger partial charge in [-0.05, 0) is 45.2 Å². The van der Waals surface area contributed by atoms with Crippen molar-refractivity contribution < 1.29 is 18.1 Å². The van der Waals surface area contributed by atoms with Crippen LogP contribution in [-0.4, -0.2) is 23.3 Å². The minimum absolute atomic E-state index is 0.100. The summed E-state index contributed by atoms with van der Waals surface area (Å²) in [6.07, 6.45) is 1.27. The summed E-state index contributed by atoms with van der Waals surface area (Å²) in [7, 11) is 0. The zero-order chi connectivity index (χ0) is 18.1.